The Bertz CT molecular complexity index is 508. The number of carbonyl (C=O) groups is 2. The first-order valence-electron chi connectivity index (χ1n) is 6.72. The maximum atomic E-state index is 11.4. The predicted octanol–water partition coefficient (Wildman–Crippen LogP) is 1.38. The van der Waals surface area contributed by atoms with Crippen LogP contribution in [0.15, 0.2) is 24.3 Å². The third-order valence-electron chi connectivity index (χ3n) is 3.65. The number of carboxylic acids is 1. The monoisotopic (exact) mass is 276 g/mol. The number of aliphatic carboxylic acids is 1. The molecule has 0 bridgehead atoms. The molecule has 0 aliphatic carbocycles. The van der Waals surface area contributed by atoms with Crippen molar-refractivity contribution in [2.75, 3.05) is 24.5 Å². The second kappa shape index (κ2) is 5.53. The normalized spacial score (nSPS) is 15.9. The molecule has 0 aromatic heterocycles. The van der Waals surface area contributed by atoms with Gasteiger partial charge in [-0.1, -0.05) is 26.0 Å². The smallest absolute Gasteiger partial charge is 0.304 e. The second-order valence-corrected chi connectivity index (χ2v) is 5.77. The molecule has 2 N–H and O–H groups in total. The highest BCUT2D eigenvalue weighted by Gasteiger charge is 2.24. The molecule has 1 amide bonds. The third-order valence-corrected chi connectivity index (χ3v) is 3.65. The first-order valence-corrected chi connectivity index (χ1v) is 6.72. The summed E-state index contributed by atoms with van der Waals surface area (Å²) in [5.74, 6) is -0.765. The van der Waals surface area contributed by atoms with E-state index in [1.165, 1.54) is 0 Å². The molecule has 5 nitrogen and oxygen atoms in total. The molecule has 1 heterocycles. The lowest BCUT2D eigenvalue weighted by Gasteiger charge is -2.29. The Morgan fingerprint density at radius 2 is 2.00 bits per heavy atom. The van der Waals surface area contributed by atoms with Gasteiger partial charge in [-0.2, -0.15) is 0 Å². The van der Waals surface area contributed by atoms with E-state index in [1.54, 1.807) is 0 Å². The van der Waals surface area contributed by atoms with Gasteiger partial charge in [-0.25, -0.2) is 0 Å². The van der Waals surface area contributed by atoms with Crippen LogP contribution in [-0.4, -0.2) is 36.6 Å². The van der Waals surface area contributed by atoms with Gasteiger partial charge in [0.2, 0.25) is 5.91 Å². The minimum Gasteiger partial charge on any atom is -0.481 e. The number of piperazine rings is 1. The van der Waals surface area contributed by atoms with Crippen molar-refractivity contribution >= 4 is 17.6 Å². The van der Waals surface area contributed by atoms with Gasteiger partial charge in [0, 0.05) is 24.2 Å². The van der Waals surface area contributed by atoms with Crippen LogP contribution < -0.4 is 10.2 Å². The number of hydrogen-bond donors (Lipinski definition) is 2. The number of benzene rings is 1. The van der Waals surface area contributed by atoms with E-state index in [9.17, 15) is 9.59 Å². The van der Waals surface area contributed by atoms with Crippen molar-refractivity contribution in [3.63, 3.8) is 0 Å². The number of nitrogens with zero attached hydrogens (tertiary/aromatic N) is 1. The highest BCUT2D eigenvalue weighted by Crippen LogP contribution is 2.28. The Morgan fingerprint density at radius 3 is 2.55 bits per heavy atom. The van der Waals surface area contributed by atoms with Crippen molar-refractivity contribution < 1.29 is 14.7 Å². The maximum Gasteiger partial charge on any atom is 0.304 e. The summed E-state index contributed by atoms with van der Waals surface area (Å²) in [6.07, 6.45) is 0.0957. The average molecular weight is 276 g/mol. The number of carboxylic acid groups (broad SMARTS) is 1. The zero-order valence-electron chi connectivity index (χ0n) is 11.8. The summed E-state index contributed by atoms with van der Waals surface area (Å²) in [5.41, 5.74) is 1.59. The van der Waals surface area contributed by atoms with Gasteiger partial charge in [-0.3, -0.25) is 9.59 Å². The molecule has 2 rings (SSSR count). The van der Waals surface area contributed by atoms with Crippen molar-refractivity contribution in [3.05, 3.63) is 29.8 Å². The van der Waals surface area contributed by atoms with E-state index in [0.717, 1.165) is 17.8 Å². The largest absolute Gasteiger partial charge is 0.481 e. The van der Waals surface area contributed by atoms with E-state index >= 15 is 0 Å². The molecule has 5 heteroatoms. The van der Waals surface area contributed by atoms with E-state index in [4.69, 9.17) is 5.11 Å². The highest BCUT2D eigenvalue weighted by atomic mass is 16.4. The van der Waals surface area contributed by atoms with Crippen LogP contribution in [0.5, 0.6) is 0 Å². The van der Waals surface area contributed by atoms with Crippen molar-refractivity contribution in [1.29, 1.82) is 0 Å². The summed E-state index contributed by atoms with van der Waals surface area (Å²) in [6, 6.07) is 7.81. The molecular weight excluding hydrogens is 256 g/mol. The van der Waals surface area contributed by atoms with Gasteiger partial charge in [0.25, 0.3) is 0 Å². The molecule has 1 aromatic carbocycles. The van der Waals surface area contributed by atoms with Gasteiger partial charge in [0.1, 0.15) is 0 Å². The van der Waals surface area contributed by atoms with E-state index < -0.39 is 11.4 Å². The van der Waals surface area contributed by atoms with Gasteiger partial charge in [0.15, 0.2) is 0 Å². The lowest BCUT2D eigenvalue weighted by atomic mass is 9.81. The topological polar surface area (TPSA) is 69.6 Å². The SMILES string of the molecule is CC(C)(CC(=O)O)c1ccc(N2CCNC(=O)C2)cc1. The Hall–Kier alpha value is -2.04. The van der Waals surface area contributed by atoms with Gasteiger partial charge in [0.05, 0.1) is 13.0 Å². The number of amides is 1. The van der Waals surface area contributed by atoms with Crippen LogP contribution in [-0.2, 0) is 15.0 Å². The van der Waals surface area contributed by atoms with Crippen molar-refractivity contribution in [2.45, 2.75) is 25.7 Å². The molecule has 0 saturated carbocycles. The summed E-state index contributed by atoms with van der Waals surface area (Å²) in [7, 11) is 0. The summed E-state index contributed by atoms with van der Waals surface area (Å²) in [5, 5.41) is 11.7. The summed E-state index contributed by atoms with van der Waals surface area (Å²) < 4.78 is 0. The fraction of sp³-hybridized carbons (Fsp3) is 0.467. The summed E-state index contributed by atoms with van der Waals surface area (Å²) >= 11 is 0. The van der Waals surface area contributed by atoms with Crippen LogP contribution in [0.4, 0.5) is 5.69 Å². The quantitative estimate of drug-likeness (QED) is 0.871. The highest BCUT2D eigenvalue weighted by molar-refractivity contribution is 5.82. The van der Waals surface area contributed by atoms with Crippen molar-refractivity contribution in [1.82, 2.24) is 5.32 Å². The lowest BCUT2D eigenvalue weighted by molar-refractivity contribution is -0.138. The molecular formula is C15H20N2O3. The molecule has 0 spiro atoms. The first-order chi connectivity index (χ1) is 9.38. The van der Waals surface area contributed by atoms with E-state index in [1.807, 2.05) is 43.0 Å². The van der Waals surface area contributed by atoms with Gasteiger partial charge >= 0.3 is 5.97 Å². The predicted molar refractivity (Wildman–Crippen MR) is 76.9 cm³/mol. The van der Waals surface area contributed by atoms with Crippen LogP contribution in [0.1, 0.15) is 25.8 Å². The third kappa shape index (κ3) is 3.29. The molecule has 20 heavy (non-hydrogen) atoms. The summed E-state index contributed by atoms with van der Waals surface area (Å²) in [4.78, 5) is 24.3. The molecule has 1 fully saturated rings. The second-order valence-electron chi connectivity index (χ2n) is 5.77. The number of hydrogen-bond acceptors (Lipinski definition) is 3. The Kier molecular flexibility index (Phi) is 3.97. The van der Waals surface area contributed by atoms with E-state index in [-0.39, 0.29) is 12.3 Å². The molecule has 108 valence electrons. The minimum absolute atomic E-state index is 0.0338. The average Bonchev–Trinajstić information content (AvgIpc) is 2.37. The zero-order valence-corrected chi connectivity index (χ0v) is 11.8. The van der Waals surface area contributed by atoms with Crippen LogP contribution in [0.3, 0.4) is 0 Å². The molecule has 1 aliphatic heterocycles. The van der Waals surface area contributed by atoms with Crippen LogP contribution in [0, 0.1) is 0 Å². The van der Waals surface area contributed by atoms with Crippen LogP contribution in [0.25, 0.3) is 0 Å². The molecule has 1 aromatic rings. The molecule has 1 saturated heterocycles. The number of rotatable bonds is 4. The van der Waals surface area contributed by atoms with E-state index in [0.29, 0.717) is 13.1 Å². The Balaban J connectivity index is 2.13. The molecule has 0 atom stereocenters. The first kappa shape index (κ1) is 14.4. The number of carbonyl (C=O) groups excluding carboxylic acids is 1. The standard InChI is InChI=1S/C15H20N2O3/c1-15(2,9-14(19)20)11-3-5-12(6-4-11)17-8-7-16-13(18)10-17/h3-6H,7-10H2,1-2H3,(H,16,18)(H,19,20). The van der Waals surface area contributed by atoms with E-state index in [2.05, 4.69) is 5.32 Å². The van der Waals surface area contributed by atoms with Crippen LogP contribution >= 0.6 is 0 Å². The number of anilines is 1. The molecule has 1 aliphatic rings. The fourth-order valence-corrected chi connectivity index (χ4v) is 2.46. The lowest BCUT2D eigenvalue weighted by Crippen LogP contribution is -2.47. The fourth-order valence-electron chi connectivity index (χ4n) is 2.46. The van der Waals surface area contributed by atoms with Gasteiger partial charge in [-0.05, 0) is 17.7 Å². The molecule has 0 radical (unpaired) electrons. The minimum atomic E-state index is -0.799. The number of nitrogens with one attached hydrogen (secondary N) is 1. The van der Waals surface area contributed by atoms with Crippen molar-refractivity contribution in [3.8, 4) is 0 Å². The van der Waals surface area contributed by atoms with Crippen molar-refractivity contribution in [2.24, 2.45) is 0 Å². The summed E-state index contributed by atoms with van der Waals surface area (Å²) in [6.45, 7) is 5.67. The van der Waals surface area contributed by atoms with Gasteiger partial charge < -0.3 is 15.3 Å². The zero-order chi connectivity index (χ0) is 14.8. The maximum absolute atomic E-state index is 11.4. The van der Waals surface area contributed by atoms with Crippen LogP contribution in [0.2, 0.25) is 0 Å². The Labute approximate surface area is 118 Å². The molecule has 0 unspecified atom stereocenters. The van der Waals surface area contributed by atoms with Gasteiger partial charge in [-0.15, -0.1) is 0 Å². The Morgan fingerprint density at radius 1 is 1.35 bits per heavy atom.